The van der Waals surface area contributed by atoms with E-state index < -0.39 is 11.6 Å². The molecule has 1 aliphatic heterocycles. The maximum absolute atomic E-state index is 13.8. The zero-order chi connectivity index (χ0) is 21.6. The number of nitrogens with zero attached hydrogens (tertiary/aromatic N) is 2. The lowest BCUT2D eigenvalue weighted by Gasteiger charge is -2.31. The maximum Gasteiger partial charge on any atom is 0.223 e. The second kappa shape index (κ2) is 9.79. The van der Waals surface area contributed by atoms with E-state index in [2.05, 4.69) is 33.4 Å². The predicted octanol–water partition coefficient (Wildman–Crippen LogP) is 4.56. The molecule has 0 spiro atoms. The SMILES string of the molecule is O=C(NCc1ccc(F)cc1F)C1CCN(Cc2ccccc2-c2cccnc2)CC1. The van der Waals surface area contributed by atoms with Gasteiger partial charge in [-0.15, -0.1) is 0 Å². The number of rotatable bonds is 6. The molecule has 0 atom stereocenters. The highest BCUT2D eigenvalue weighted by Gasteiger charge is 2.25. The van der Waals surface area contributed by atoms with Crippen molar-refractivity contribution in [2.75, 3.05) is 13.1 Å². The van der Waals surface area contributed by atoms with Gasteiger partial charge in [-0.3, -0.25) is 14.7 Å². The van der Waals surface area contributed by atoms with Crippen LogP contribution in [0.2, 0.25) is 0 Å². The van der Waals surface area contributed by atoms with Crippen molar-refractivity contribution in [3.63, 3.8) is 0 Å². The first kappa shape index (κ1) is 21.1. The van der Waals surface area contributed by atoms with Gasteiger partial charge < -0.3 is 5.32 Å². The fourth-order valence-corrected chi connectivity index (χ4v) is 4.05. The largest absolute Gasteiger partial charge is 0.352 e. The quantitative estimate of drug-likeness (QED) is 0.635. The molecule has 0 radical (unpaired) electrons. The predicted molar refractivity (Wildman–Crippen MR) is 116 cm³/mol. The Balaban J connectivity index is 1.31. The molecule has 0 unspecified atom stereocenters. The number of carbonyl (C=O) groups excluding carboxylic acids is 1. The third-order valence-electron chi connectivity index (χ3n) is 5.81. The van der Waals surface area contributed by atoms with Crippen molar-refractivity contribution in [3.8, 4) is 11.1 Å². The van der Waals surface area contributed by atoms with Crippen molar-refractivity contribution < 1.29 is 13.6 Å². The Morgan fingerprint density at radius 1 is 1.03 bits per heavy atom. The average Bonchev–Trinajstić information content (AvgIpc) is 2.80. The molecule has 4 nitrogen and oxygen atoms in total. The first-order valence-electron chi connectivity index (χ1n) is 10.5. The lowest BCUT2D eigenvalue weighted by Crippen LogP contribution is -2.40. The Labute approximate surface area is 180 Å². The molecular weight excluding hydrogens is 396 g/mol. The van der Waals surface area contributed by atoms with Gasteiger partial charge in [0.05, 0.1) is 0 Å². The van der Waals surface area contributed by atoms with Gasteiger partial charge in [0.1, 0.15) is 11.6 Å². The van der Waals surface area contributed by atoms with Gasteiger partial charge in [0, 0.05) is 48.6 Å². The number of pyridine rings is 1. The molecule has 3 aromatic rings. The Kier molecular flexibility index (Phi) is 6.67. The maximum atomic E-state index is 13.8. The number of likely N-dealkylation sites (tertiary alicyclic amines) is 1. The summed E-state index contributed by atoms with van der Waals surface area (Å²) in [6.07, 6.45) is 5.16. The monoisotopic (exact) mass is 421 g/mol. The number of benzene rings is 2. The molecule has 4 rings (SSSR count). The highest BCUT2D eigenvalue weighted by atomic mass is 19.1. The third kappa shape index (κ3) is 5.33. The summed E-state index contributed by atoms with van der Waals surface area (Å²) in [5, 5.41) is 2.80. The summed E-state index contributed by atoms with van der Waals surface area (Å²) in [5.41, 5.74) is 3.81. The summed E-state index contributed by atoms with van der Waals surface area (Å²) in [6, 6.07) is 15.7. The second-order valence-electron chi connectivity index (χ2n) is 7.90. The van der Waals surface area contributed by atoms with Crippen LogP contribution in [-0.2, 0) is 17.9 Å². The molecule has 0 bridgehead atoms. The number of amides is 1. The van der Waals surface area contributed by atoms with Gasteiger partial charge in [-0.1, -0.05) is 36.4 Å². The Bertz CT molecular complexity index is 1030. The van der Waals surface area contributed by atoms with Crippen LogP contribution in [0.5, 0.6) is 0 Å². The van der Waals surface area contributed by atoms with Gasteiger partial charge in [0.15, 0.2) is 0 Å². The van der Waals surface area contributed by atoms with E-state index in [1.807, 2.05) is 24.4 Å². The first-order chi connectivity index (χ1) is 15.1. The van der Waals surface area contributed by atoms with E-state index in [0.717, 1.165) is 44.1 Å². The Hall–Kier alpha value is -3.12. The number of nitrogens with one attached hydrogen (secondary N) is 1. The summed E-state index contributed by atoms with van der Waals surface area (Å²) in [7, 11) is 0. The summed E-state index contributed by atoms with van der Waals surface area (Å²) in [6.45, 7) is 2.54. The van der Waals surface area contributed by atoms with E-state index in [9.17, 15) is 13.6 Å². The summed E-state index contributed by atoms with van der Waals surface area (Å²) < 4.78 is 26.8. The van der Waals surface area contributed by atoms with Crippen LogP contribution in [0.15, 0.2) is 67.0 Å². The molecule has 2 heterocycles. The minimum atomic E-state index is -0.637. The Morgan fingerprint density at radius 2 is 1.84 bits per heavy atom. The Morgan fingerprint density at radius 3 is 2.58 bits per heavy atom. The van der Waals surface area contributed by atoms with Crippen molar-refractivity contribution in [1.82, 2.24) is 15.2 Å². The molecule has 2 aromatic carbocycles. The van der Waals surface area contributed by atoms with E-state index in [0.29, 0.717) is 5.56 Å². The zero-order valence-corrected chi connectivity index (χ0v) is 17.2. The van der Waals surface area contributed by atoms with Crippen molar-refractivity contribution >= 4 is 5.91 Å². The van der Waals surface area contributed by atoms with Crippen LogP contribution in [0, 0.1) is 17.6 Å². The van der Waals surface area contributed by atoms with Crippen molar-refractivity contribution in [2.45, 2.75) is 25.9 Å². The van der Waals surface area contributed by atoms with E-state index in [4.69, 9.17) is 0 Å². The minimum Gasteiger partial charge on any atom is -0.352 e. The molecule has 160 valence electrons. The van der Waals surface area contributed by atoms with Crippen molar-refractivity contribution in [1.29, 1.82) is 0 Å². The fraction of sp³-hybridized carbons (Fsp3) is 0.280. The molecule has 0 saturated carbocycles. The summed E-state index contributed by atoms with van der Waals surface area (Å²) in [5.74, 6) is -1.42. The number of hydrogen-bond donors (Lipinski definition) is 1. The molecule has 0 aliphatic carbocycles. The lowest BCUT2D eigenvalue weighted by molar-refractivity contribution is -0.126. The van der Waals surface area contributed by atoms with Crippen LogP contribution in [0.4, 0.5) is 8.78 Å². The van der Waals surface area contributed by atoms with Crippen LogP contribution in [0.3, 0.4) is 0 Å². The smallest absolute Gasteiger partial charge is 0.223 e. The number of carbonyl (C=O) groups is 1. The van der Waals surface area contributed by atoms with Crippen LogP contribution in [0.1, 0.15) is 24.0 Å². The minimum absolute atomic E-state index is 0.0702. The zero-order valence-electron chi connectivity index (χ0n) is 17.2. The summed E-state index contributed by atoms with van der Waals surface area (Å²) >= 11 is 0. The van der Waals surface area contributed by atoms with Crippen LogP contribution in [-0.4, -0.2) is 28.9 Å². The average molecular weight is 421 g/mol. The fourth-order valence-electron chi connectivity index (χ4n) is 4.05. The molecule has 1 fully saturated rings. The van der Waals surface area contributed by atoms with E-state index in [1.165, 1.54) is 23.3 Å². The van der Waals surface area contributed by atoms with Gasteiger partial charge in [-0.05, 0) is 49.2 Å². The molecule has 1 amide bonds. The highest BCUT2D eigenvalue weighted by molar-refractivity contribution is 5.78. The van der Waals surface area contributed by atoms with Gasteiger partial charge in [-0.25, -0.2) is 8.78 Å². The number of aromatic nitrogens is 1. The molecule has 1 N–H and O–H groups in total. The van der Waals surface area contributed by atoms with Gasteiger partial charge >= 0.3 is 0 Å². The molecular formula is C25H25F2N3O. The first-order valence-corrected chi connectivity index (χ1v) is 10.5. The summed E-state index contributed by atoms with van der Waals surface area (Å²) in [4.78, 5) is 19.1. The molecule has 31 heavy (non-hydrogen) atoms. The second-order valence-corrected chi connectivity index (χ2v) is 7.90. The van der Waals surface area contributed by atoms with E-state index >= 15 is 0 Å². The molecule has 1 aromatic heterocycles. The van der Waals surface area contributed by atoms with Crippen molar-refractivity contribution in [2.24, 2.45) is 5.92 Å². The normalized spacial score (nSPS) is 15.0. The highest BCUT2D eigenvalue weighted by Crippen LogP contribution is 2.26. The van der Waals surface area contributed by atoms with Crippen LogP contribution < -0.4 is 5.32 Å². The van der Waals surface area contributed by atoms with Gasteiger partial charge in [0.25, 0.3) is 0 Å². The van der Waals surface area contributed by atoms with E-state index in [-0.39, 0.29) is 18.4 Å². The number of halogens is 2. The van der Waals surface area contributed by atoms with Gasteiger partial charge in [-0.2, -0.15) is 0 Å². The number of hydrogen-bond acceptors (Lipinski definition) is 3. The number of piperidine rings is 1. The van der Waals surface area contributed by atoms with Gasteiger partial charge in [0.2, 0.25) is 5.91 Å². The topological polar surface area (TPSA) is 45.2 Å². The molecule has 1 aliphatic rings. The molecule has 1 saturated heterocycles. The van der Waals surface area contributed by atoms with E-state index in [1.54, 1.807) is 6.20 Å². The van der Waals surface area contributed by atoms with Crippen molar-refractivity contribution in [3.05, 3.63) is 89.8 Å². The van der Waals surface area contributed by atoms with Crippen LogP contribution in [0.25, 0.3) is 11.1 Å². The van der Waals surface area contributed by atoms with Crippen LogP contribution >= 0.6 is 0 Å². The molecule has 6 heteroatoms. The standard InChI is InChI=1S/C25H25F2N3O/c26-22-8-7-20(24(27)14-22)16-29-25(31)18-9-12-30(13-10-18)17-21-4-1-2-6-23(21)19-5-3-11-28-15-19/h1-8,11,14-15,18H,9-10,12-13,16-17H2,(H,29,31). The lowest BCUT2D eigenvalue weighted by atomic mass is 9.94. The third-order valence-corrected chi connectivity index (χ3v) is 5.81.